The third-order valence-electron chi connectivity index (χ3n) is 2.57. The van der Waals surface area contributed by atoms with Crippen LogP contribution in [0.2, 0.25) is 0 Å². The molecule has 5 heteroatoms. The van der Waals surface area contributed by atoms with Crippen LogP contribution in [0.1, 0.15) is 19.3 Å². The van der Waals surface area contributed by atoms with Gasteiger partial charge in [-0.15, -0.1) is 0 Å². The van der Waals surface area contributed by atoms with E-state index in [-0.39, 0.29) is 17.9 Å². The van der Waals surface area contributed by atoms with Crippen molar-refractivity contribution in [1.82, 2.24) is 10.2 Å². The van der Waals surface area contributed by atoms with Crippen LogP contribution in [0.5, 0.6) is 0 Å². The number of hydrogen-bond acceptors (Lipinski definition) is 4. The number of carbonyl (C=O) groups is 2. The van der Waals surface area contributed by atoms with E-state index in [2.05, 4.69) is 5.32 Å². The van der Waals surface area contributed by atoms with Gasteiger partial charge in [0, 0.05) is 27.2 Å². The molecule has 0 aromatic rings. The highest BCUT2D eigenvalue weighted by atomic mass is 16.5. The highest BCUT2D eigenvalue weighted by Gasteiger charge is 2.30. The molecule has 1 N–H and O–H groups in total. The van der Waals surface area contributed by atoms with Crippen molar-refractivity contribution in [3.8, 4) is 0 Å². The topological polar surface area (TPSA) is 58.6 Å². The fourth-order valence-corrected chi connectivity index (χ4v) is 1.60. The van der Waals surface area contributed by atoms with E-state index < -0.39 is 0 Å². The van der Waals surface area contributed by atoms with Crippen molar-refractivity contribution in [2.75, 3.05) is 27.3 Å². The van der Waals surface area contributed by atoms with Crippen LogP contribution in [-0.4, -0.2) is 50.1 Å². The van der Waals surface area contributed by atoms with E-state index in [9.17, 15) is 9.59 Å². The number of nitrogens with one attached hydrogen (secondary N) is 1. The van der Waals surface area contributed by atoms with E-state index in [1.54, 1.807) is 7.11 Å². The van der Waals surface area contributed by atoms with Gasteiger partial charge in [-0.05, 0) is 19.4 Å². The second-order valence-corrected chi connectivity index (χ2v) is 3.68. The van der Waals surface area contributed by atoms with Gasteiger partial charge in [0.1, 0.15) is 0 Å². The van der Waals surface area contributed by atoms with Crippen LogP contribution in [0, 0.1) is 0 Å². The van der Waals surface area contributed by atoms with E-state index in [0.29, 0.717) is 19.4 Å². The number of piperidine rings is 1. The number of imide groups is 1. The SMILES string of the molecule is COCCCNC1CCC(=O)N(C)C1=O. The normalized spacial score (nSPS) is 22.3. The molecule has 0 aromatic heterocycles. The third-order valence-corrected chi connectivity index (χ3v) is 2.57. The minimum atomic E-state index is -0.204. The Labute approximate surface area is 89.8 Å². The molecule has 5 nitrogen and oxygen atoms in total. The van der Waals surface area contributed by atoms with E-state index in [0.717, 1.165) is 13.0 Å². The van der Waals surface area contributed by atoms with E-state index in [1.807, 2.05) is 0 Å². The number of likely N-dealkylation sites (tertiary alicyclic amines) is 1. The molecule has 0 bridgehead atoms. The molecule has 1 aliphatic heterocycles. The lowest BCUT2D eigenvalue weighted by Gasteiger charge is -2.28. The Morgan fingerprint density at radius 2 is 2.27 bits per heavy atom. The summed E-state index contributed by atoms with van der Waals surface area (Å²) >= 11 is 0. The number of rotatable bonds is 5. The summed E-state index contributed by atoms with van der Waals surface area (Å²) in [6, 6.07) is -0.204. The van der Waals surface area contributed by atoms with Gasteiger partial charge in [-0.3, -0.25) is 14.5 Å². The minimum absolute atomic E-state index is 0.0880. The van der Waals surface area contributed by atoms with Crippen molar-refractivity contribution in [3.63, 3.8) is 0 Å². The molecule has 0 aromatic carbocycles. The maximum absolute atomic E-state index is 11.6. The second kappa shape index (κ2) is 5.82. The zero-order valence-electron chi connectivity index (χ0n) is 9.28. The Kier molecular flexibility index (Phi) is 4.71. The molecule has 0 aliphatic carbocycles. The quantitative estimate of drug-likeness (QED) is 0.507. The van der Waals surface area contributed by atoms with Crippen LogP contribution < -0.4 is 5.32 Å². The first-order chi connectivity index (χ1) is 7.16. The van der Waals surface area contributed by atoms with Gasteiger partial charge in [-0.25, -0.2) is 0 Å². The minimum Gasteiger partial charge on any atom is -0.385 e. The van der Waals surface area contributed by atoms with Gasteiger partial charge in [0.15, 0.2) is 0 Å². The fraction of sp³-hybridized carbons (Fsp3) is 0.800. The standard InChI is InChI=1S/C10H18N2O3/c1-12-9(13)5-4-8(10(12)14)11-6-3-7-15-2/h8,11H,3-7H2,1-2H3. The molecular weight excluding hydrogens is 196 g/mol. The fourth-order valence-electron chi connectivity index (χ4n) is 1.60. The molecule has 0 saturated carbocycles. The van der Waals surface area contributed by atoms with Crippen LogP contribution in [-0.2, 0) is 14.3 Å². The van der Waals surface area contributed by atoms with Crippen molar-refractivity contribution >= 4 is 11.8 Å². The molecule has 0 radical (unpaired) electrons. The third kappa shape index (κ3) is 3.28. The summed E-state index contributed by atoms with van der Waals surface area (Å²) in [6.45, 7) is 1.43. The van der Waals surface area contributed by atoms with Gasteiger partial charge in [0.05, 0.1) is 6.04 Å². The summed E-state index contributed by atoms with van der Waals surface area (Å²) in [5.74, 6) is -0.210. The largest absolute Gasteiger partial charge is 0.385 e. The molecule has 1 saturated heterocycles. The van der Waals surface area contributed by atoms with Crippen LogP contribution in [0.3, 0.4) is 0 Å². The van der Waals surface area contributed by atoms with Gasteiger partial charge in [0.2, 0.25) is 11.8 Å². The zero-order valence-corrected chi connectivity index (χ0v) is 9.28. The Morgan fingerprint density at radius 1 is 1.53 bits per heavy atom. The maximum atomic E-state index is 11.6. The van der Waals surface area contributed by atoms with Crippen LogP contribution in [0.4, 0.5) is 0 Å². The first-order valence-corrected chi connectivity index (χ1v) is 5.19. The number of hydrogen-bond donors (Lipinski definition) is 1. The summed E-state index contributed by atoms with van der Waals surface area (Å²) < 4.78 is 4.91. The van der Waals surface area contributed by atoms with Crippen LogP contribution >= 0.6 is 0 Å². The zero-order chi connectivity index (χ0) is 11.3. The summed E-state index contributed by atoms with van der Waals surface area (Å²) in [5, 5.41) is 3.13. The van der Waals surface area contributed by atoms with Crippen molar-refractivity contribution in [3.05, 3.63) is 0 Å². The van der Waals surface area contributed by atoms with Crippen molar-refractivity contribution < 1.29 is 14.3 Å². The Bertz CT molecular complexity index is 243. The summed E-state index contributed by atoms with van der Waals surface area (Å²) in [4.78, 5) is 24.0. The number of nitrogens with zero attached hydrogens (tertiary/aromatic N) is 1. The number of methoxy groups -OCH3 is 1. The van der Waals surface area contributed by atoms with Gasteiger partial charge in [0.25, 0.3) is 0 Å². The predicted molar refractivity (Wildman–Crippen MR) is 55.3 cm³/mol. The Balaban J connectivity index is 2.30. The van der Waals surface area contributed by atoms with Crippen molar-refractivity contribution in [2.24, 2.45) is 0 Å². The monoisotopic (exact) mass is 214 g/mol. The second-order valence-electron chi connectivity index (χ2n) is 3.68. The average molecular weight is 214 g/mol. The summed E-state index contributed by atoms with van der Waals surface area (Å²) in [6.07, 6.45) is 1.93. The van der Waals surface area contributed by atoms with Gasteiger partial charge in [-0.1, -0.05) is 0 Å². The molecule has 1 unspecified atom stereocenters. The van der Waals surface area contributed by atoms with Crippen LogP contribution in [0.25, 0.3) is 0 Å². The lowest BCUT2D eigenvalue weighted by Crippen LogP contribution is -2.51. The highest BCUT2D eigenvalue weighted by Crippen LogP contribution is 2.11. The Morgan fingerprint density at radius 3 is 2.93 bits per heavy atom. The van der Waals surface area contributed by atoms with Crippen molar-refractivity contribution in [2.45, 2.75) is 25.3 Å². The lowest BCUT2D eigenvalue weighted by molar-refractivity contribution is -0.148. The molecule has 1 fully saturated rings. The molecule has 86 valence electrons. The highest BCUT2D eigenvalue weighted by molar-refractivity contribution is 6.00. The molecule has 1 rings (SSSR count). The molecular formula is C10H18N2O3. The number of ether oxygens (including phenoxy) is 1. The van der Waals surface area contributed by atoms with Crippen molar-refractivity contribution in [1.29, 1.82) is 0 Å². The number of amides is 2. The average Bonchev–Trinajstić information content (AvgIpc) is 2.24. The smallest absolute Gasteiger partial charge is 0.246 e. The maximum Gasteiger partial charge on any atom is 0.246 e. The van der Waals surface area contributed by atoms with Gasteiger partial charge < -0.3 is 10.1 Å². The number of carbonyl (C=O) groups excluding carboxylic acids is 2. The molecule has 1 heterocycles. The first-order valence-electron chi connectivity index (χ1n) is 5.19. The molecule has 0 spiro atoms. The van der Waals surface area contributed by atoms with Gasteiger partial charge in [-0.2, -0.15) is 0 Å². The molecule has 2 amide bonds. The molecule has 1 atom stereocenters. The first kappa shape index (κ1) is 12.1. The predicted octanol–water partition coefficient (Wildman–Crippen LogP) is -0.240. The molecule has 1 aliphatic rings. The van der Waals surface area contributed by atoms with Gasteiger partial charge >= 0.3 is 0 Å². The Hall–Kier alpha value is -0.940. The molecule has 15 heavy (non-hydrogen) atoms. The van der Waals surface area contributed by atoms with E-state index in [4.69, 9.17) is 4.74 Å². The summed E-state index contributed by atoms with van der Waals surface area (Å²) in [5.41, 5.74) is 0. The number of likely N-dealkylation sites (N-methyl/N-ethyl adjacent to an activating group) is 1. The van der Waals surface area contributed by atoms with E-state index in [1.165, 1.54) is 11.9 Å². The lowest BCUT2D eigenvalue weighted by atomic mass is 10.0. The van der Waals surface area contributed by atoms with E-state index >= 15 is 0 Å². The van der Waals surface area contributed by atoms with Crippen LogP contribution in [0.15, 0.2) is 0 Å². The summed E-state index contributed by atoms with van der Waals surface area (Å²) in [7, 11) is 3.19.